The molecule has 0 aliphatic rings. The first-order chi connectivity index (χ1) is 34.0. The van der Waals surface area contributed by atoms with Gasteiger partial charge in [0.05, 0.1) is 0 Å². The molecule has 0 aromatic rings. The molecular weight excluding hydrogens is 853 g/mol. The Labute approximate surface area is 427 Å². The normalized spacial score (nSPS) is 12.6. The molecule has 0 aromatic carbocycles. The molecule has 0 rings (SSSR count). The molecule has 0 amide bonds. The molecule has 0 N–H and O–H groups in total. The Morgan fingerprint density at radius 2 is 0.536 bits per heavy atom. The molecule has 69 heavy (non-hydrogen) atoms. The van der Waals surface area contributed by atoms with Crippen molar-refractivity contribution in [2.45, 2.75) is 297 Å². The monoisotopic (exact) mass is 963 g/mol. The van der Waals surface area contributed by atoms with Crippen molar-refractivity contribution in [3.8, 4) is 0 Å². The van der Waals surface area contributed by atoms with Crippen molar-refractivity contribution in [2.75, 3.05) is 13.2 Å². The summed E-state index contributed by atoms with van der Waals surface area (Å²) in [5.41, 5.74) is 0. The number of hydrogen-bond acceptors (Lipinski definition) is 6. The summed E-state index contributed by atoms with van der Waals surface area (Å²) in [6, 6.07) is 0. The highest BCUT2D eigenvalue weighted by Crippen LogP contribution is 2.15. The minimum atomic E-state index is -0.802. The summed E-state index contributed by atoms with van der Waals surface area (Å²) in [7, 11) is 0. The number of carbonyl (C=O) groups excluding carboxylic acids is 3. The van der Waals surface area contributed by atoms with Crippen LogP contribution < -0.4 is 0 Å². The van der Waals surface area contributed by atoms with Gasteiger partial charge in [-0.1, -0.05) is 235 Å². The fourth-order valence-corrected chi connectivity index (χ4v) is 8.19. The summed E-state index contributed by atoms with van der Waals surface area (Å²) in [6.45, 7) is 6.57. The molecule has 0 spiro atoms. The first kappa shape index (κ1) is 65.8. The quantitative estimate of drug-likeness (QED) is 0.0262. The lowest BCUT2D eigenvalue weighted by Gasteiger charge is -2.18. The molecular formula is C63H110O6. The van der Waals surface area contributed by atoms with Crippen LogP contribution in [0.4, 0.5) is 0 Å². The average Bonchev–Trinajstić information content (AvgIpc) is 3.35. The molecule has 0 bridgehead atoms. The summed E-state index contributed by atoms with van der Waals surface area (Å²) in [4.78, 5) is 38.2. The van der Waals surface area contributed by atoms with Gasteiger partial charge in [-0.2, -0.15) is 0 Å². The lowest BCUT2D eigenvalue weighted by molar-refractivity contribution is -0.167. The molecule has 0 saturated carbocycles. The highest BCUT2D eigenvalue weighted by molar-refractivity contribution is 5.71. The second-order valence-corrected chi connectivity index (χ2v) is 19.5. The van der Waals surface area contributed by atoms with Crippen LogP contribution in [0.2, 0.25) is 0 Å². The number of allylic oxidation sites excluding steroid dienone is 12. The standard InChI is InChI=1S/C63H110O6/c1-4-7-10-13-16-19-22-25-28-31-34-37-40-43-46-49-52-55-61(64)67-58-60(69-63(66)57-54-51-48-45-42-39-36-33-30-27-24-21-18-15-12-9-6-3)59-68-62(65)56-53-50-47-44-41-38-35-32-29-26-23-20-17-14-11-8-5-2/h16,19,25-30,34,37,43,46,60H,4-15,17-18,20-24,31-33,35-36,38-42,44-45,47-59H2,1-3H3/b19-16-,28-25-,29-26-,30-27-,37-34-,46-43-/t60-/m1/s1. The number of hydrogen-bond donors (Lipinski definition) is 0. The Balaban J connectivity index is 4.46. The Hall–Kier alpha value is -3.15. The number of unbranched alkanes of at least 4 members (excludes halogenated alkanes) is 30. The SMILES string of the molecule is CCCCC/C=C\C/C=C\C/C=C\C/C=C\CCCC(=O)OC[C@H](COC(=O)CCCCCCCCC/C=C\CCCCCCCC)OC(=O)CCCCCCCCC/C=C\CCCCCCCC. The van der Waals surface area contributed by atoms with Gasteiger partial charge in [0, 0.05) is 19.3 Å². The van der Waals surface area contributed by atoms with Gasteiger partial charge < -0.3 is 14.2 Å². The van der Waals surface area contributed by atoms with E-state index in [4.69, 9.17) is 14.2 Å². The van der Waals surface area contributed by atoms with Crippen LogP contribution in [-0.4, -0.2) is 37.2 Å². The Morgan fingerprint density at radius 1 is 0.290 bits per heavy atom. The fraction of sp³-hybridized carbons (Fsp3) is 0.762. The molecule has 6 heteroatoms. The molecule has 1 atom stereocenters. The van der Waals surface area contributed by atoms with Crippen LogP contribution in [0.1, 0.15) is 290 Å². The molecule has 6 nitrogen and oxygen atoms in total. The van der Waals surface area contributed by atoms with Crippen molar-refractivity contribution in [1.29, 1.82) is 0 Å². The van der Waals surface area contributed by atoms with Crippen molar-refractivity contribution < 1.29 is 28.6 Å². The highest BCUT2D eigenvalue weighted by atomic mass is 16.6. The van der Waals surface area contributed by atoms with Crippen LogP contribution in [0.3, 0.4) is 0 Å². The maximum atomic E-state index is 12.9. The van der Waals surface area contributed by atoms with Gasteiger partial charge >= 0.3 is 17.9 Å². The first-order valence-corrected chi connectivity index (χ1v) is 29.4. The van der Waals surface area contributed by atoms with Gasteiger partial charge in [0.1, 0.15) is 13.2 Å². The van der Waals surface area contributed by atoms with E-state index in [1.807, 2.05) is 0 Å². The van der Waals surface area contributed by atoms with E-state index in [0.29, 0.717) is 19.3 Å². The maximum absolute atomic E-state index is 12.9. The van der Waals surface area contributed by atoms with E-state index < -0.39 is 6.10 Å². The fourth-order valence-electron chi connectivity index (χ4n) is 8.19. The van der Waals surface area contributed by atoms with Gasteiger partial charge in [-0.3, -0.25) is 14.4 Å². The van der Waals surface area contributed by atoms with Crippen molar-refractivity contribution in [3.05, 3.63) is 72.9 Å². The van der Waals surface area contributed by atoms with E-state index in [9.17, 15) is 14.4 Å². The summed E-state index contributed by atoms with van der Waals surface area (Å²) in [5, 5.41) is 0. The largest absolute Gasteiger partial charge is 0.462 e. The van der Waals surface area contributed by atoms with E-state index >= 15 is 0 Å². The predicted octanol–water partition coefficient (Wildman–Crippen LogP) is 19.8. The van der Waals surface area contributed by atoms with Gasteiger partial charge in [0.25, 0.3) is 0 Å². The zero-order valence-electron chi connectivity index (χ0n) is 45.6. The second-order valence-electron chi connectivity index (χ2n) is 19.5. The molecule has 0 unspecified atom stereocenters. The van der Waals surface area contributed by atoms with E-state index in [-0.39, 0.29) is 37.5 Å². The summed E-state index contributed by atoms with van der Waals surface area (Å²) < 4.78 is 16.8. The minimum absolute atomic E-state index is 0.0955. The lowest BCUT2D eigenvalue weighted by atomic mass is 10.1. The van der Waals surface area contributed by atoms with E-state index in [1.165, 1.54) is 180 Å². The van der Waals surface area contributed by atoms with Crippen LogP contribution in [0.25, 0.3) is 0 Å². The molecule has 0 aromatic heterocycles. The second kappa shape index (κ2) is 57.4. The number of ether oxygens (including phenoxy) is 3. The smallest absolute Gasteiger partial charge is 0.306 e. The maximum Gasteiger partial charge on any atom is 0.306 e. The van der Waals surface area contributed by atoms with Gasteiger partial charge in [-0.25, -0.2) is 0 Å². The molecule has 0 aliphatic heterocycles. The number of esters is 3. The number of carbonyl (C=O) groups is 3. The summed E-state index contributed by atoms with van der Waals surface area (Å²) in [6.07, 6.45) is 73.2. The predicted molar refractivity (Wildman–Crippen MR) is 298 cm³/mol. The molecule has 0 saturated heterocycles. The molecule has 0 heterocycles. The van der Waals surface area contributed by atoms with Crippen molar-refractivity contribution in [3.63, 3.8) is 0 Å². The lowest BCUT2D eigenvalue weighted by Crippen LogP contribution is -2.30. The zero-order valence-corrected chi connectivity index (χ0v) is 45.6. The number of rotatable bonds is 53. The van der Waals surface area contributed by atoms with Crippen LogP contribution in [0.15, 0.2) is 72.9 Å². The van der Waals surface area contributed by atoms with Gasteiger partial charge in [-0.05, 0) is 109 Å². The van der Waals surface area contributed by atoms with Crippen molar-refractivity contribution in [1.82, 2.24) is 0 Å². The van der Waals surface area contributed by atoms with Crippen LogP contribution in [0.5, 0.6) is 0 Å². The van der Waals surface area contributed by atoms with E-state index in [0.717, 1.165) is 64.2 Å². The zero-order chi connectivity index (χ0) is 50.0. The van der Waals surface area contributed by atoms with Gasteiger partial charge in [0.2, 0.25) is 0 Å². The highest BCUT2D eigenvalue weighted by Gasteiger charge is 2.19. The average molecular weight is 964 g/mol. The van der Waals surface area contributed by atoms with Crippen LogP contribution in [0, 0.1) is 0 Å². The first-order valence-electron chi connectivity index (χ1n) is 29.4. The van der Waals surface area contributed by atoms with Crippen LogP contribution >= 0.6 is 0 Å². The molecule has 0 radical (unpaired) electrons. The third-order valence-corrected chi connectivity index (χ3v) is 12.7. The summed E-state index contributed by atoms with van der Waals surface area (Å²) in [5.74, 6) is -0.953. The van der Waals surface area contributed by atoms with Crippen LogP contribution in [-0.2, 0) is 28.6 Å². The van der Waals surface area contributed by atoms with E-state index in [2.05, 4.69) is 93.7 Å². The Morgan fingerprint density at radius 3 is 0.913 bits per heavy atom. The minimum Gasteiger partial charge on any atom is -0.462 e. The van der Waals surface area contributed by atoms with Gasteiger partial charge in [0.15, 0.2) is 6.10 Å². The van der Waals surface area contributed by atoms with E-state index in [1.54, 1.807) is 0 Å². The Bertz CT molecular complexity index is 1290. The summed E-state index contributed by atoms with van der Waals surface area (Å²) >= 11 is 0. The van der Waals surface area contributed by atoms with Crippen molar-refractivity contribution in [2.24, 2.45) is 0 Å². The molecule has 398 valence electrons. The van der Waals surface area contributed by atoms with Crippen molar-refractivity contribution >= 4 is 17.9 Å². The molecule has 0 fully saturated rings. The Kier molecular flexibility index (Phi) is 54.8. The third kappa shape index (κ3) is 55.6. The van der Waals surface area contributed by atoms with Gasteiger partial charge in [-0.15, -0.1) is 0 Å². The molecule has 0 aliphatic carbocycles. The topological polar surface area (TPSA) is 78.9 Å². The third-order valence-electron chi connectivity index (χ3n) is 12.7.